The van der Waals surface area contributed by atoms with E-state index in [1.54, 1.807) is 43.4 Å². The zero-order valence-corrected chi connectivity index (χ0v) is 13.1. The predicted molar refractivity (Wildman–Crippen MR) is 81.3 cm³/mol. The lowest BCUT2D eigenvalue weighted by Gasteiger charge is -2.18. The molecule has 5 heteroatoms. The van der Waals surface area contributed by atoms with Gasteiger partial charge in [-0.2, -0.15) is 0 Å². The molecule has 2 nitrogen and oxygen atoms in total. The number of rotatable bonds is 3. The standard InChI is InChI=1S/C15H12BrClFNO/c1-19(9-11-4-2-3-5-14(11)18)15(20)10-6-7-12(16)13(17)8-10/h2-8H,9H2,1H3. The quantitative estimate of drug-likeness (QED) is 0.792. The molecule has 104 valence electrons. The van der Waals surface area contributed by atoms with Crippen LogP contribution in [0.15, 0.2) is 46.9 Å². The van der Waals surface area contributed by atoms with Gasteiger partial charge in [-0.1, -0.05) is 29.8 Å². The zero-order valence-electron chi connectivity index (χ0n) is 10.7. The van der Waals surface area contributed by atoms with Crippen LogP contribution in [0.25, 0.3) is 0 Å². The highest BCUT2D eigenvalue weighted by molar-refractivity contribution is 9.10. The van der Waals surface area contributed by atoms with Gasteiger partial charge in [0.05, 0.1) is 5.02 Å². The number of benzene rings is 2. The Hall–Kier alpha value is -1.39. The van der Waals surface area contributed by atoms with E-state index >= 15 is 0 Å². The van der Waals surface area contributed by atoms with Gasteiger partial charge in [-0.15, -0.1) is 0 Å². The van der Waals surface area contributed by atoms with Gasteiger partial charge in [-0.25, -0.2) is 4.39 Å². The number of hydrogen-bond acceptors (Lipinski definition) is 1. The van der Waals surface area contributed by atoms with Gasteiger partial charge in [0.1, 0.15) is 5.82 Å². The predicted octanol–water partition coefficient (Wildman–Crippen LogP) is 4.51. The molecule has 0 spiro atoms. The molecule has 2 aromatic rings. The SMILES string of the molecule is CN(Cc1ccccc1F)C(=O)c1ccc(Br)c(Cl)c1. The highest BCUT2D eigenvalue weighted by Crippen LogP contribution is 2.24. The number of hydrogen-bond donors (Lipinski definition) is 0. The highest BCUT2D eigenvalue weighted by atomic mass is 79.9. The van der Waals surface area contributed by atoms with Crippen molar-refractivity contribution in [2.24, 2.45) is 0 Å². The molecule has 0 fully saturated rings. The Labute approximate surface area is 130 Å². The van der Waals surface area contributed by atoms with Gasteiger partial charge < -0.3 is 4.90 Å². The van der Waals surface area contributed by atoms with E-state index in [-0.39, 0.29) is 18.3 Å². The van der Waals surface area contributed by atoms with Gasteiger partial charge in [0.2, 0.25) is 0 Å². The number of carbonyl (C=O) groups is 1. The minimum absolute atomic E-state index is 0.206. The molecule has 0 radical (unpaired) electrons. The summed E-state index contributed by atoms with van der Waals surface area (Å²) in [5.41, 5.74) is 0.948. The fourth-order valence-electron chi connectivity index (χ4n) is 1.80. The van der Waals surface area contributed by atoms with Gasteiger partial charge in [-0.05, 0) is 40.2 Å². The lowest BCUT2D eigenvalue weighted by Crippen LogP contribution is -2.26. The third-order valence-electron chi connectivity index (χ3n) is 2.88. The number of carbonyl (C=O) groups excluding carboxylic acids is 1. The minimum Gasteiger partial charge on any atom is -0.337 e. The number of amides is 1. The van der Waals surface area contributed by atoms with Crippen molar-refractivity contribution in [1.29, 1.82) is 0 Å². The summed E-state index contributed by atoms with van der Waals surface area (Å²) < 4.78 is 14.3. The second-order valence-corrected chi connectivity index (χ2v) is 5.64. The summed E-state index contributed by atoms with van der Waals surface area (Å²) in [6.07, 6.45) is 0. The van der Waals surface area contributed by atoms with E-state index in [9.17, 15) is 9.18 Å². The number of nitrogens with zero attached hydrogens (tertiary/aromatic N) is 1. The van der Waals surface area contributed by atoms with E-state index in [1.165, 1.54) is 11.0 Å². The van der Waals surface area contributed by atoms with Crippen LogP contribution in [-0.4, -0.2) is 17.9 Å². The van der Waals surface area contributed by atoms with Crippen LogP contribution in [0.5, 0.6) is 0 Å². The van der Waals surface area contributed by atoms with Crippen molar-refractivity contribution < 1.29 is 9.18 Å². The summed E-state index contributed by atoms with van der Waals surface area (Å²) in [5, 5.41) is 0.468. The lowest BCUT2D eigenvalue weighted by molar-refractivity contribution is 0.0784. The van der Waals surface area contributed by atoms with Crippen molar-refractivity contribution in [3.63, 3.8) is 0 Å². The van der Waals surface area contributed by atoms with Crippen LogP contribution < -0.4 is 0 Å². The maximum Gasteiger partial charge on any atom is 0.253 e. The van der Waals surface area contributed by atoms with Gasteiger partial charge >= 0.3 is 0 Å². The van der Waals surface area contributed by atoms with E-state index in [4.69, 9.17) is 11.6 Å². The van der Waals surface area contributed by atoms with Crippen molar-refractivity contribution in [1.82, 2.24) is 4.90 Å². The summed E-state index contributed by atoms with van der Waals surface area (Å²) in [5.74, 6) is -0.524. The Kier molecular flexibility index (Phi) is 4.78. The maximum absolute atomic E-state index is 13.6. The van der Waals surface area contributed by atoms with E-state index in [1.807, 2.05) is 0 Å². The lowest BCUT2D eigenvalue weighted by atomic mass is 10.1. The van der Waals surface area contributed by atoms with Crippen molar-refractivity contribution in [3.8, 4) is 0 Å². The molecule has 20 heavy (non-hydrogen) atoms. The topological polar surface area (TPSA) is 20.3 Å². The molecule has 1 amide bonds. The normalized spacial score (nSPS) is 10.4. The summed E-state index contributed by atoms with van der Waals surface area (Å²) in [6, 6.07) is 11.4. The van der Waals surface area contributed by atoms with Gasteiger partial charge in [-0.3, -0.25) is 4.79 Å². The first kappa shape index (κ1) is 15.0. The summed E-state index contributed by atoms with van der Waals surface area (Å²) in [6.45, 7) is 0.208. The van der Waals surface area contributed by atoms with E-state index in [0.29, 0.717) is 16.1 Å². The summed E-state index contributed by atoms with van der Waals surface area (Å²) >= 11 is 9.24. The summed E-state index contributed by atoms with van der Waals surface area (Å²) in [4.78, 5) is 13.7. The fourth-order valence-corrected chi connectivity index (χ4v) is 2.23. The Bertz CT molecular complexity index is 648. The average Bonchev–Trinajstić information content (AvgIpc) is 2.43. The first-order valence-electron chi connectivity index (χ1n) is 5.93. The van der Waals surface area contributed by atoms with Gasteiger partial charge in [0.25, 0.3) is 5.91 Å². The molecular formula is C15H12BrClFNO. The molecule has 0 saturated heterocycles. The molecule has 0 atom stereocenters. The second kappa shape index (κ2) is 6.37. The fraction of sp³-hybridized carbons (Fsp3) is 0.133. The molecule has 0 N–H and O–H groups in total. The zero-order chi connectivity index (χ0) is 14.7. The maximum atomic E-state index is 13.6. The highest BCUT2D eigenvalue weighted by Gasteiger charge is 2.14. The Morgan fingerprint density at radius 1 is 1.30 bits per heavy atom. The van der Waals surface area contributed by atoms with Crippen LogP contribution in [0, 0.1) is 5.82 Å². The molecule has 0 aromatic heterocycles. The molecule has 0 saturated carbocycles. The Morgan fingerprint density at radius 2 is 2.00 bits per heavy atom. The van der Waals surface area contributed by atoms with Crippen LogP contribution in [-0.2, 0) is 6.54 Å². The third-order valence-corrected chi connectivity index (χ3v) is 4.11. The Balaban J connectivity index is 2.16. The van der Waals surface area contributed by atoms with E-state index in [2.05, 4.69) is 15.9 Å². The first-order valence-corrected chi connectivity index (χ1v) is 7.10. The Morgan fingerprint density at radius 3 is 2.65 bits per heavy atom. The number of halogens is 3. The molecule has 0 aliphatic rings. The van der Waals surface area contributed by atoms with Crippen molar-refractivity contribution in [2.45, 2.75) is 6.54 Å². The van der Waals surface area contributed by atoms with E-state index in [0.717, 1.165) is 4.47 Å². The van der Waals surface area contributed by atoms with Crippen molar-refractivity contribution in [3.05, 3.63) is 68.9 Å². The smallest absolute Gasteiger partial charge is 0.253 e. The van der Waals surface area contributed by atoms with Crippen LogP contribution in [0.2, 0.25) is 5.02 Å². The van der Waals surface area contributed by atoms with Crippen molar-refractivity contribution >= 4 is 33.4 Å². The summed E-state index contributed by atoms with van der Waals surface area (Å²) in [7, 11) is 1.63. The third kappa shape index (κ3) is 3.38. The molecule has 2 aromatic carbocycles. The molecule has 0 heterocycles. The minimum atomic E-state index is -0.319. The van der Waals surface area contributed by atoms with Crippen LogP contribution in [0.1, 0.15) is 15.9 Å². The molecule has 0 unspecified atom stereocenters. The van der Waals surface area contributed by atoms with Crippen LogP contribution in [0.3, 0.4) is 0 Å². The first-order chi connectivity index (χ1) is 9.49. The van der Waals surface area contributed by atoms with Gasteiger partial charge in [0.15, 0.2) is 0 Å². The molecule has 2 rings (SSSR count). The van der Waals surface area contributed by atoms with Crippen LogP contribution in [0.4, 0.5) is 4.39 Å². The van der Waals surface area contributed by atoms with Crippen LogP contribution >= 0.6 is 27.5 Å². The van der Waals surface area contributed by atoms with Crippen molar-refractivity contribution in [2.75, 3.05) is 7.05 Å². The van der Waals surface area contributed by atoms with E-state index < -0.39 is 0 Å². The molecular weight excluding hydrogens is 345 g/mol. The second-order valence-electron chi connectivity index (χ2n) is 4.38. The monoisotopic (exact) mass is 355 g/mol. The van der Waals surface area contributed by atoms with Gasteiger partial charge in [0, 0.05) is 29.2 Å². The largest absolute Gasteiger partial charge is 0.337 e. The molecule has 0 aliphatic heterocycles. The average molecular weight is 357 g/mol. The molecule has 0 aliphatic carbocycles. The molecule has 0 bridgehead atoms.